The first-order chi connectivity index (χ1) is 19.2. The van der Waals surface area contributed by atoms with Crippen LogP contribution in [0, 0.1) is 11.8 Å². The van der Waals surface area contributed by atoms with Gasteiger partial charge >= 0.3 is 5.97 Å². The highest BCUT2D eigenvalue weighted by atomic mass is 16.5. The van der Waals surface area contributed by atoms with Crippen molar-refractivity contribution in [3.05, 3.63) is 59.2 Å². The molecule has 0 aromatic heterocycles. The number of hydrogen-bond donors (Lipinski definition) is 3. The number of fused-ring (bicyclic) bond motifs is 1. The second-order valence-corrected chi connectivity index (χ2v) is 11.4. The Kier molecular flexibility index (Phi) is 9.81. The van der Waals surface area contributed by atoms with Crippen molar-refractivity contribution >= 4 is 23.5 Å². The largest absolute Gasteiger partial charge is 0.488 e. The number of ether oxygens (including phenoxy) is 1. The van der Waals surface area contributed by atoms with Crippen LogP contribution >= 0.6 is 0 Å². The summed E-state index contributed by atoms with van der Waals surface area (Å²) in [6.07, 6.45) is 4.80. The van der Waals surface area contributed by atoms with E-state index in [0.717, 1.165) is 31.2 Å². The first-order valence-corrected chi connectivity index (χ1v) is 14.2. The molecule has 0 saturated heterocycles. The van der Waals surface area contributed by atoms with E-state index in [-0.39, 0.29) is 48.0 Å². The Bertz CT molecular complexity index is 1190. The van der Waals surface area contributed by atoms with Crippen molar-refractivity contribution in [3.8, 4) is 5.75 Å². The predicted molar refractivity (Wildman–Crippen MR) is 153 cm³/mol. The van der Waals surface area contributed by atoms with Crippen LogP contribution in [0.4, 0.5) is 5.69 Å². The van der Waals surface area contributed by atoms with Crippen molar-refractivity contribution in [2.24, 2.45) is 11.8 Å². The van der Waals surface area contributed by atoms with Crippen LogP contribution in [0.15, 0.2) is 42.5 Å². The van der Waals surface area contributed by atoms with Gasteiger partial charge in [-0.2, -0.15) is 0 Å². The zero-order chi connectivity index (χ0) is 28.8. The molecule has 1 aliphatic heterocycles. The number of carboxylic acid groups (broad SMARTS) is 1. The Morgan fingerprint density at radius 1 is 1.12 bits per heavy atom. The number of carbonyl (C=O) groups excluding carboxylic acids is 2. The number of amides is 2. The molecular weight excluding hydrogens is 510 g/mol. The third-order valence-corrected chi connectivity index (χ3v) is 8.05. The highest BCUT2D eigenvalue weighted by molar-refractivity contribution is 6.00. The van der Waals surface area contributed by atoms with Crippen molar-refractivity contribution < 1.29 is 29.3 Å². The normalized spacial score (nSPS) is 20.7. The standard InChI is InChI=1S/C31H41N3O6/c1-20-16-34(21(2)19-35)30(37)26-15-25(32-29(36)23-7-5-4-6-8-23)13-14-27(26)40-28(20)18-33(3)17-22-9-11-24(12-10-22)31(38)39/h9-15,20-21,23,28,35H,4-8,16-19H2,1-3H3,(H,32,36)(H,38,39)/t20-,21+,28-/m0/s1. The number of carbonyl (C=O) groups is 3. The maximum atomic E-state index is 13.7. The van der Waals surface area contributed by atoms with Crippen LogP contribution in [0.2, 0.25) is 0 Å². The summed E-state index contributed by atoms with van der Waals surface area (Å²) in [6.45, 7) is 5.27. The third-order valence-electron chi connectivity index (χ3n) is 8.05. The Labute approximate surface area is 236 Å². The zero-order valence-electron chi connectivity index (χ0n) is 23.6. The number of carboxylic acids is 1. The van der Waals surface area contributed by atoms with E-state index in [0.29, 0.717) is 36.6 Å². The van der Waals surface area contributed by atoms with Gasteiger partial charge in [0.15, 0.2) is 0 Å². The van der Waals surface area contributed by atoms with Gasteiger partial charge in [0.1, 0.15) is 11.9 Å². The molecule has 2 aromatic rings. The third kappa shape index (κ3) is 7.20. The van der Waals surface area contributed by atoms with Gasteiger partial charge in [-0.05, 0) is 62.7 Å². The number of nitrogens with zero attached hydrogens (tertiary/aromatic N) is 2. The number of aliphatic hydroxyl groups is 1. The molecule has 0 unspecified atom stereocenters. The number of rotatable bonds is 9. The second kappa shape index (κ2) is 13.3. The van der Waals surface area contributed by atoms with Gasteiger partial charge in [0.25, 0.3) is 5.91 Å². The molecule has 1 aliphatic carbocycles. The van der Waals surface area contributed by atoms with Crippen LogP contribution in [0.1, 0.15) is 72.2 Å². The molecule has 2 aromatic carbocycles. The van der Waals surface area contributed by atoms with Gasteiger partial charge < -0.3 is 25.2 Å². The van der Waals surface area contributed by atoms with Gasteiger partial charge in [0.05, 0.1) is 23.8 Å². The number of aliphatic hydroxyl groups excluding tert-OH is 1. The number of likely N-dealkylation sites (N-methyl/N-ethyl adjacent to an activating group) is 1. The monoisotopic (exact) mass is 551 g/mol. The van der Waals surface area contributed by atoms with E-state index in [1.54, 1.807) is 35.2 Å². The highest BCUT2D eigenvalue weighted by Gasteiger charge is 2.34. The number of benzene rings is 2. The highest BCUT2D eigenvalue weighted by Crippen LogP contribution is 2.32. The quantitative estimate of drug-likeness (QED) is 0.426. The van der Waals surface area contributed by atoms with E-state index < -0.39 is 5.97 Å². The Hall–Kier alpha value is -3.43. The average Bonchev–Trinajstić information content (AvgIpc) is 2.95. The van der Waals surface area contributed by atoms with Crippen LogP contribution in [-0.4, -0.2) is 76.7 Å². The number of anilines is 1. The molecule has 3 atom stereocenters. The van der Waals surface area contributed by atoms with Crippen molar-refractivity contribution in [1.82, 2.24) is 9.80 Å². The summed E-state index contributed by atoms with van der Waals surface area (Å²) in [5, 5.41) is 22.1. The van der Waals surface area contributed by atoms with Gasteiger partial charge in [-0.25, -0.2) is 4.79 Å². The lowest BCUT2D eigenvalue weighted by molar-refractivity contribution is -0.120. The molecule has 1 fully saturated rings. The fraction of sp³-hybridized carbons (Fsp3) is 0.516. The maximum absolute atomic E-state index is 13.7. The summed E-state index contributed by atoms with van der Waals surface area (Å²) < 4.78 is 6.47. The first-order valence-electron chi connectivity index (χ1n) is 14.2. The van der Waals surface area contributed by atoms with Crippen molar-refractivity contribution in [1.29, 1.82) is 0 Å². The van der Waals surface area contributed by atoms with E-state index in [1.807, 2.05) is 33.0 Å². The summed E-state index contributed by atoms with van der Waals surface area (Å²) in [4.78, 5) is 41.5. The van der Waals surface area contributed by atoms with Gasteiger partial charge in [-0.3, -0.25) is 14.5 Å². The number of hydrogen-bond acceptors (Lipinski definition) is 6. The van der Waals surface area contributed by atoms with Gasteiger partial charge in [-0.1, -0.05) is 38.3 Å². The van der Waals surface area contributed by atoms with E-state index in [2.05, 4.69) is 10.2 Å². The molecule has 40 heavy (non-hydrogen) atoms. The topological polar surface area (TPSA) is 119 Å². The molecule has 3 N–H and O–H groups in total. The summed E-state index contributed by atoms with van der Waals surface area (Å²) in [5.74, 6) is -0.787. The molecule has 0 spiro atoms. The Morgan fingerprint density at radius 2 is 1.82 bits per heavy atom. The van der Waals surface area contributed by atoms with Crippen LogP contribution in [-0.2, 0) is 11.3 Å². The second-order valence-electron chi connectivity index (χ2n) is 11.4. The van der Waals surface area contributed by atoms with E-state index in [4.69, 9.17) is 9.84 Å². The van der Waals surface area contributed by atoms with Gasteiger partial charge in [0, 0.05) is 37.2 Å². The summed E-state index contributed by atoms with van der Waals surface area (Å²) >= 11 is 0. The Balaban J connectivity index is 1.54. The van der Waals surface area contributed by atoms with Crippen LogP contribution in [0.3, 0.4) is 0 Å². The lowest BCUT2D eigenvalue weighted by Gasteiger charge is -2.38. The minimum absolute atomic E-state index is 0.00489. The van der Waals surface area contributed by atoms with E-state index >= 15 is 0 Å². The molecule has 0 bridgehead atoms. The smallest absolute Gasteiger partial charge is 0.335 e. The van der Waals surface area contributed by atoms with Crippen LogP contribution in [0.25, 0.3) is 0 Å². The average molecular weight is 552 g/mol. The van der Waals surface area contributed by atoms with E-state index in [9.17, 15) is 19.5 Å². The van der Waals surface area contributed by atoms with Crippen molar-refractivity contribution in [2.75, 3.05) is 32.1 Å². The summed E-state index contributed by atoms with van der Waals surface area (Å²) in [7, 11) is 1.98. The lowest BCUT2D eigenvalue weighted by atomic mass is 9.88. The lowest BCUT2D eigenvalue weighted by Crippen LogP contribution is -2.49. The van der Waals surface area contributed by atoms with E-state index in [1.165, 1.54) is 6.42 Å². The molecule has 9 heteroatoms. The number of aromatic carboxylic acids is 1. The Morgan fingerprint density at radius 3 is 2.48 bits per heavy atom. The number of nitrogens with one attached hydrogen (secondary N) is 1. The SMILES string of the molecule is C[C@H](CO)N1C[C@H](C)[C@H](CN(C)Cc2ccc(C(=O)O)cc2)Oc2ccc(NC(=O)C3CCCCC3)cc2C1=O. The molecule has 9 nitrogen and oxygen atoms in total. The van der Waals surface area contributed by atoms with Crippen LogP contribution < -0.4 is 10.1 Å². The van der Waals surface area contributed by atoms with Crippen molar-refractivity contribution in [3.63, 3.8) is 0 Å². The summed E-state index contributed by atoms with van der Waals surface area (Å²) in [6, 6.07) is 11.7. The molecule has 2 amide bonds. The van der Waals surface area contributed by atoms with Gasteiger partial charge in [0.2, 0.25) is 5.91 Å². The molecule has 0 radical (unpaired) electrons. The van der Waals surface area contributed by atoms with Crippen LogP contribution in [0.5, 0.6) is 5.75 Å². The fourth-order valence-electron chi connectivity index (χ4n) is 5.56. The van der Waals surface area contributed by atoms with Crippen molar-refractivity contribution in [2.45, 2.75) is 64.6 Å². The van der Waals surface area contributed by atoms with Gasteiger partial charge in [-0.15, -0.1) is 0 Å². The molecule has 216 valence electrons. The molecular formula is C31H41N3O6. The zero-order valence-corrected chi connectivity index (χ0v) is 23.6. The first kappa shape index (κ1) is 29.6. The minimum Gasteiger partial charge on any atom is -0.488 e. The predicted octanol–water partition coefficient (Wildman–Crippen LogP) is 4.26. The fourth-order valence-corrected chi connectivity index (χ4v) is 5.56. The summed E-state index contributed by atoms with van der Waals surface area (Å²) in [5.41, 5.74) is 2.16. The molecule has 4 rings (SSSR count). The minimum atomic E-state index is -0.955. The molecule has 2 aliphatic rings. The molecule has 1 saturated carbocycles. The maximum Gasteiger partial charge on any atom is 0.335 e. The molecule has 1 heterocycles.